The van der Waals surface area contributed by atoms with E-state index < -0.39 is 20.3 Å². The van der Waals surface area contributed by atoms with Crippen LogP contribution in [0.25, 0.3) is 0 Å². The number of hydrogen-bond donors (Lipinski definition) is 0. The van der Waals surface area contributed by atoms with Gasteiger partial charge in [-0.3, -0.25) is 4.79 Å². The highest BCUT2D eigenvalue weighted by Gasteiger charge is 2.26. The van der Waals surface area contributed by atoms with Crippen LogP contribution in [-0.2, 0) is 9.84 Å². The maximum Gasteiger partial charge on any atom is 0.197 e. The van der Waals surface area contributed by atoms with Crippen LogP contribution in [0.2, 0.25) is 0 Å². The van der Waals surface area contributed by atoms with E-state index in [0.717, 1.165) is 6.26 Å². The summed E-state index contributed by atoms with van der Waals surface area (Å²) < 4.78 is 20.5. The lowest BCUT2D eigenvalue weighted by molar-refractivity contribution is 0.101. The van der Waals surface area contributed by atoms with E-state index in [0.29, 0.717) is 5.56 Å². The van der Waals surface area contributed by atoms with E-state index in [9.17, 15) is 13.2 Å². The molecule has 0 aliphatic carbocycles. The number of carbonyl (C=O) groups is 1. The van der Waals surface area contributed by atoms with Crippen molar-refractivity contribution >= 4 is 27.2 Å². The molecule has 1 atom stereocenters. The lowest BCUT2D eigenvalue weighted by atomic mass is 10.1. The van der Waals surface area contributed by atoms with Gasteiger partial charge in [0.15, 0.2) is 20.3 Å². The zero-order chi connectivity index (χ0) is 10.8. The average Bonchev–Trinajstić information content (AvgIpc) is 2.15. The Labute approximate surface area is 87.6 Å². The molecule has 0 aliphatic rings. The third-order valence-electron chi connectivity index (χ3n) is 1.64. The molecule has 76 valence electrons. The summed E-state index contributed by atoms with van der Waals surface area (Å²) in [5, 5.41) is 0. The van der Waals surface area contributed by atoms with Gasteiger partial charge in [-0.15, -0.1) is 0 Å². The van der Waals surface area contributed by atoms with Crippen LogP contribution in [0.3, 0.4) is 0 Å². The summed E-state index contributed by atoms with van der Waals surface area (Å²) in [5.41, 5.74) is 0.304. The summed E-state index contributed by atoms with van der Waals surface area (Å²) in [7, 11) is -3.53. The lowest BCUT2D eigenvalue weighted by Crippen LogP contribution is -2.23. The fourth-order valence-corrected chi connectivity index (χ4v) is 1.58. The maximum absolute atomic E-state index is 11.5. The van der Waals surface area contributed by atoms with Crippen molar-refractivity contribution in [3.8, 4) is 0 Å². The van der Waals surface area contributed by atoms with Gasteiger partial charge in [-0.1, -0.05) is 41.9 Å². The van der Waals surface area contributed by atoms with Crippen molar-refractivity contribution in [3.63, 3.8) is 0 Å². The zero-order valence-corrected chi connectivity index (χ0v) is 9.05. The second-order valence-electron chi connectivity index (χ2n) is 2.88. The topological polar surface area (TPSA) is 51.2 Å². The van der Waals surface area contributed by atoms with E-state index in [-0.39, 0.29) is 0 Å². The lowest BCUT2D eigenvalue weighted by Gasteiger charge is -2.05. The monoisotopic (exact) mass is 232 g/mol. The van der Waals surface area contributed by atoms with Gasteiger partial charge < -0.3 is 0 Å². The summed E-state index contributed by atoms with van der Waals surface area (Å²) in [6.07, 6.45) is 0.936. The van der Waals surface area contributed by atoms with E-state index >= 15 is 0 Å². The van der Waals surface area contributed by atoms with Crippen LogP contribution in [0.1, 0.15) is 10.4 Å². The molecule has 0 saturated carbocycles. The molecule has 0 amide bonds. The molecule has 0 N–H and O–H groups in total. The number of hydrogen-bond acceptors (Lipinski definition) is 3. The highest BCUT2D eigenvalue weighted by Crippen LogP contribution is 2.12. The molecule has 0 bridgehead atoms. The summed E-state index contributed by atoms with van der Waals surface area (Å²) in [6.45, 7) is 0. The summed E-state index contributed by atoms with van der Waals surface area (Å²) in [4.78, 5) is 11.5. The number of sulfone groups is 1. The highest BCUT2D eigenvalue weighted by molar-refractivity contribution is 7.93. The number of alkyl halides is 1. The molecule has 0 aromatic heterocycles. The van der Waals surface area contributed by atoms with Crippen molar-refractivity contribution in [1.29, 1.82) is 0 Å². The van der Waals surface area contributed by atoms with Crippen LogP contribution in [0, 0.1) is 0 Å². The van der Waals surface area contributed by atoms with Crippen molar-refractivity contribution in [2.45, 2.75) is 4.71 Å². The predicted molar refractivity (Wildman–Crippen MR) is 55.3 cm³/mol. The van der Waals surface area contributed by atoms with Crippen molar-refractivity contribution in [2.75, 3.05) is 6.26 Å². The third-order valence-corrected chi connectivity index (χ3v) is 3.78. The molecule has 0 saturated heterocycles. The molecule has 1 unspecified atom stereocenters. The zero-order valence-electron chi connectivity index (χ0n) is 7.48. The second-order valence-corrected chi connectivity index (χ2v) is 5.70. The minimum Gasteiger partial charge on any atom is -0.291 e. The summed E-state index contributed by atoms with van der Waals surface area (Å²) in [6, 6.07) is 8.10. The number of rotatable bonds is 3. The first-order valence-electron chi connectivity index (χ1n) is 3.85. The van der Waals surface area contributed by atoms with Gasteiger partial charge in [0, 0.05) is 11.8 Å². The highest BCUT2D eigenvalue weighted by atomic mass is 35.5. The number of benzene rings is 1. The largest absolute Gasteiger partial charge is 0.291 e. The number of halogens is 1. The molecule has 1 aromatic carbocycles. The summed E-state index contributed by atoms with van der Waals surface area (Å²) >= 11 is 5.50. The smallest absolute Gasteiger partial charge is 0.197 e. The average molecular weight is 233 g/mol. The molecule has 0 heterocycles. The number of Topliss-reactive ketones (excluding diaryl/α,β-unsaturated/α-hetero) is 1. The Bertz CT molecular complexity index is 425. The molecule has 14 heavy (non-hydrogen) atoms. The minimum absolute atomic E-state index is 0.304. The molecular weight excluding hydrogens is 224 g/mol. The molecule has 5 heteroatoms. The first-order valence-corrected chi connectivity index (χ1v) is 6.24. The normalized spacial score (nSPS) is 13.6. The van der Waals surface area contributed by atoms with Crippen molar-refractivity contribution < 1.29 is 13.2 Å². The number of carbonyl (C=O) groups excluding carboxylic acids is 1. The van der Waals surface area contributed by atoms with Crippen LogP contribution in [0.5, 0.6) is 0 Å². The van der Waals surface area contributed by atoms with E-state index in [1.807, 2.05) is 0 Å². The van der Waals surface area contributed by atoms with Gasteiger partial charge in [0.2, 0.25) is 0 Å². The molecule has 1 rings (SSSR count). The molecule has 0 radical (unpaired) electrons. The molecule has 0 aliphatic heterocycles. The van der Waals surface area contributed by atoms with E-state index in [4.69, 9.17) is 11.6 Å². The Morgan fingerprint density at radius 3 is 2.21 bits per heavy atom. The van der Waals surface area contributed by atoms with Gasteiger partial charge in [-0.25, -0.2) is 8.42 Å². The standard InChI is InChI=1S/C9H9ClO3S/c1-14(12,13)9(10)8(11)7-5-3-2-4-6-7/h2-6,9H,1H3. The fourth-order valence-electron chi connectivity index (χ4n) is 0.928. The third kappa shape index (κ3) is 2.56. The van der Waals surface area contributed by atoms with E-state index in [2.05, 4.69) is 0 Å². The second kappa shape index (κ2) is 4.11. The molecule has 3 nitrogen and oxygen atoms in total. The van der Waals surface area contributed by atoms with Crippen molar-refractivity contribution in [2.24, 2.45) is 0 Å². The predicted octanol–water partition coefficient (Wildman–Crippen LogP) is 1.48. The molecule has 0 fully saturated rings. The molecule has 0 spiro atoms. The minimum atomic E-state index is -3.53. The molecular formula is C9H9ClO3S. The SMILES string of the molecule is CS(=O)(=O)C(Cl)C(=O)c1ccccc1. The first-order chi connectivity index (χ1) is 6.43. The van der Waals surface area contributed by atoms with Gasteiger partial charge >= 0.3 is 0 Å². The van der Waals surface area contributed by atoms with Gasteiger partial charge in [0.25, 0.3) is 0 Å². The van der Waals surface area contributed by atoms with Crippen molar-refractivity contribution in [3.05, 3.63) is 35.9 Å². The van der Waals surface area contributed by atoms with E-state index in [1.54, 1.807) is 18.2 Å². The maximum atomic E-state index is 11.5. The summed E-state index contributed by atoms with van der Waals surface area (Å²) in [5.74, 6) is -0.588. The Hall–Kier alpha value is -0.870. The van der Waals surface area contributed by atoms with E-state index in [1.165, 1.54) is 12.1 Å². The van der Waals surface area contributed by atoms with Crippen LogP contribution < -0.4 is 0 Å². The van der Waals surface area contributed by atoms with Gasteiger partial charge in [0.1, 0.15) is 0 Å². The number of ketones is 1. The van der Waals surface area contributed by atoms with Crippen LogP contribution in [0.15, 0.2) is 30.3 Å². The van der Waals surface area contributed by atoms with Crippen LogP contribution in [0.4, 0.5) is 0 Å². The van der Waals surface area contributed by atoms with Crippen LogP contribution in [-0.4, -0.2) is 25.2 Å². The Balaban J connectivity index is 2.99. The van der Waals surface area contributed by atoms with Crippen LogP contribution >= 0.6 is 11.6 Å². The first kappa shape index (κ1) is 11.2. The van der Waals surface area contributed by atoms with Gasteiger partial charge in [-0.2, -0.15) is 0 Å². The fraction of sp³-hybridized carbons (Fsp3) is 0.222. The Morgan fingerprint density at radius 1 is 1.29 bits per heavy atom. The van der Waals surface area contributed by atoms with Gasteiger partial charge in [0.05, 0.1) is 0 Å². The van der Waals surface area contributed by atoms with Crippen molar-refractivity contribution in [1.82, 2.24) is 0 Å². The van der Waals surface area contributed by atoms with Gasteiger partial charge in [-0.05, 0) is 0 Å². The Morgan fingerprint density at radius 2 is 1.79 bits per heavy atom. The quantitative estimate of drug-likeness (QED) is 0.586. The molecule has 1 aromatic rings. The Kier molecular flexibility index (Phi) is 3.29.